The zero-order chi connectivity index (χ0) is 11.6. The fourth-order valence-electron chi connectivity index (χ4n) is 1.98. The van der Waals surface area contributed by atoms with Crippen molar-refractivity contribution in [3.63, 3.8) is 0 Å². The molecule has 0 saturated heterocycles. The molecule has 1 rings (SSSR count). The zero-order valence-corrected chi connectivity index (χ0v) is 10.4. The number of rotatable bonds is 4. The Morgan fingerprint density at radius 3 is 2.33 bits per heavy atom. The van der Waals surface area contributed by atoms with Gasteiger partial charge in [-0.25, -0.2) is 0 Å². The summed E-state index contributed by atoms with van der Waals surface area (Å²) in [6.45, 7) is 8.32. The first-order valence-corrected chi connectivity index (χ1v) is 5.59. The maximum Gasteiger partial charge on any atom is 0.0629 e. The topological polar surface area (TPSA) is 38.0 Å². The first-order valence-electron chi connectivity index (χ1n) is 5.59. The highest BCUT2D eigenvalue weighted by Gasteiger charge is 2.14. The molecule has 0 aromatic carbocycles. The number of aromatic nitrogens is 2. The van der Waals surface area contributed by atoms with Crippen LogP contribution in [0.2, 0.25) is 0 Å². The molecule has 0 aliphatic carbocycles. The van der Waals surface area contributed by atoms with Crippen LogP contribution in [0, 0.1) is 19.8 Å². The second-order valence-electron chi connectivity index (χ2n) is 4.76. The second kappa shape index (κ2) is 4.79. The van der Waals surface area contributed by atoms with Crippen LogP contribution >= 0.6 is 0 Å². The Kier molecular flexibility index (Phi) is 3.91. The Morgan fingerprint density at radius 1 is 1.33 bits per heavy atom. The van der Waals surface area contributed by atoms with Crippen molar-refractivity contribution in [1.29, 1.82) is 0 Å². The van der Waals surface area contributed by atoms with Gasteiger partial charge in [0.25, 0.3) is 0 Å². The monoisotopic (exact) mass is 210 g/mol. The van der Waals surface area contributed by atoms with Crippen molar-refractivity contribution in [3.05, 3.63) is 17.0 Å². The molecule has 0 radical (unpaired) electrons. The highest BCUT2D eigenvalue weighted by molar-refractivity contribution is 5.24. The van der Waals surface area contributed by atoms with Gasteiger partial charge < -0.3 is 5.11 Å². The average Bonchev–Trinajstić information content (AvgIpc) is 2.31. The van der Waals surface area contributed by atoms with Crippen LogP contribution in [0.15, 0.2) is 0 Å². The fraction of sp³-hybridized carbons (Fsp3) is 0.750. The summed E-state index contributed by atoms with van der Waals surface area (Å²) >= 11 is 0. The molecule has 0 bridgehead atoms. The third-order valence-corrected chi connectivity index (χ3v) is 2.84. The van der Waals surface area contributed by atoms with E-state index in [9.17, 15) is 5.11 Å². The Labute approximate surface area is 92.1 Å². The summed E-state index contributed by atoms with van der Waals surface area (Å²) in [5.41, 5.74) is 3.40. The van der Waals surface area contributed by atoms with Crippen LogP contribution < -0.4 is 0 Å². The van der Waals surface area contributed by atoms with E-state index in [-0.39, 0.29) is 6.10 Å². The normalized spacial score (nSPS) is 13.5. The molecule has 0 aliphatic rings. The minimum Gasteiger partial charge on any atom is -0.393 e. The van der Waals surface area contributed by atoms with Gasteiger partial charge in [0.2, 0.25) is 0 Å². The molecule has 0 amide bonds. The molecule has 15 heavy (non-hydrogen) atoms. The van der Waals surface area contributed by atoms with E-state index in [2.05, 4.69) is 25.9 Å². The average molecular weight is 210 g/mol. The zero-order valence-electron chi connectivity index (χ0n) is 10.4. The van der Waals surface area contributed by atoms with Gasteiger partial charge in [0.05, 0.1) is 11.8 Å². The van der Waals surface area contributed by atoms with Crippen LogP contribution in [0.25, 0.3) is 0 Å². The van der Waals surface area contributed by atoms with Gasteiger partial charge in [-0.15, -0.1) is 0 Å². The number of aryl methyl sites for hydroxylation is 2. The number of aliphatic hydroxyl groups is 1. The minimum absolute atomic E-state index is 0.244. The summed E-state index contributed by atoms with van der Waals surface area (Å²) in [4.78, 5) is 0. The van der Waals surface area contributed by atoms with Crippen LogP contribution in [0.1, 0.15) is 37.2 Å². The van der Waals surface area contributed by atoms with Crippen molar-refractivity contribution in [2.75, 3.05) is 0 Å². The highest BCUT2D eigenvalue weighted by atomic mass is 16.3. The van der Waals surface area contributed by atoms with Crippen LogP contribution in [0.5, 0.6) is 0 Å². The Bertz CT molecular complexity index is 329. The van der Waals surface area contributed by atoms with E-state index in [0.29, 0.717) is 5.92 Å². The molecule has 86 valence electrons. The lowest BCUT2D eigenvalue weighted by Gasteiger charge is -2.13. The number of nitrogens with zero attached hydrogens (tertiary/aromatic N) is 2. The summed E-state index contributed by atoms with van der Waals surface area (Å²) in [7, 11) is 1.95. The molecule has 0 saturated carbocycles. The van der Waals surface area contributed by atoms with Gasteiger partial charge in [-0.3, -0.25) is 4.68 Å². The number of aliphatic hydroxyl groups excluding tert-OH is 1. The van der Waals surface area contributed by atoms with E-state index in [1.807, 2.05) is 18.7 Å². The summed E-state index contributed by atoms with van der Waals surface area (Å²) in [5.74, 6) is 0.539. The molecule has 1 aromatic heterocycles. The molecule has 3 nitrogen and oxygen atoms in total. The fourth-order valence-corrected chi connectivity index (χ4v) is 1.98. The van der Waals surface area contributed by atoms with Crippen LogP contribution in [0.3, 0.4) is 0 Å². The van der Waals surface area contributed by atoms with Crippen molar-refractivity contribution in [2.45, 2.75) is 46.6 Å². The van der Waals surface area contributed by atoms with Crippen LogP contribution in [0.4, 0.5) is 0 Å². The van der Waals surface area contributed by atoms with Crippen molar-refractivity contribution >= 4 is 0 Å². The van der Waals surface area contributed by atoms with E-state index in [1.54, 1.807) is 0 Å². The SMILES string of the molecule is Cc1nn(C)c(C)c1CC(O)CC(C)C. The van der Waals surface area contributed by atoms with Gasteiger partial charge in [0.1, 0.15) is 0 Å². The van der Waals surface area contributed by atoms with Crippen molar-refractivity contribution in [2.24, 2.45) is 13.0 Å². The molecule has 1 atom stereocenters. The van der Waals surface area contributed by atoms with Gasteiger partial charge in [-0.1, -0.05) is 13.8 Å². The molecule has 0 aliphatic heterocycles. The predicted octanol–water partition coefficient (Wildman–Crippen LogP) is 1.99. The Morgan fingerprint density at radius 2 is 1.93 bits per heavy atom. The molecule has 3 heteroatoms. The third-order valence-electron chi connectivity index (χ3n) is 2.84. The first-order chi connectivity index (χ1) is 6.91. The minimum atomic E-state index is -0.244. The smallest absolute Gasteiger partial charge is 0.0629 e. The lowest BCUT2D eigenvalue weighted by atomic mass is 9.99. The molecular formula is C12H22N2O. The van der Waals surface area contributed by atoms with Gasteiger partial charge in [-0.05, 0) is 31.7 Å². The Hall–Kier alpha value is -0.830. The van der Waals surface area contributed by atoms with Crippen LogP contribution in [-0.4, -0.2) is 21.0 Å². The number of hydrogen-bond acceptors (Lipinski definition) is 2. The summed E-state index contributed by atoms with van der Waals surface area (Å²) in [6, 6.07) is 0. The van der Waals surface area contributed by atoms with E-state index in [4.69, 9.17) is 0 Å². The lowest BCUT2D eigenvalue weighted by molar-refractivity contribution is 0.148. The molecule has 1 N–H and O–H groups in total. The Balaban J connectivity index is 2.71. The standard InChI is InChI=1S/C12H22N2O/c1-8(2)6-11(15)7-12-9(3)13-14(5)10(12)4/h8,11,15H,6-7H2,1-5H3. The summed E-state index contributed by atoms with van der Waals surface area (Å²) in [6.07, 6.45) is 1.34. The summed E-state index contributed by atoms with van der Waals surface area (Å²) in [5, 5.41) is 14.2. The third kappa shape index (κ3) is 3.06. The molecule has 1 aromatic rings. The van der Waals surface area contributed by atoms with E-state index >= 15 is 0 Å². The second-order valence-corrected chi connectivity index (χ2v) is 4.76. The largest absolute Gasteiger partial charge is 0.393 e. The molecular weight excluding hydrogens is 188 g/mol. The van der Waals surface area contributed by atoms with Crippen molar-refractivity contribution < 1.29 is 5.11 Å². The quantitative estimate of drug-likeness (QED) is 0.825. The van der Waals surface area contributed by atoms with Crippen LogP contribution in [-0.2, 0) is 13.5 Å². The van der Waals surface area contributed by atoms with E-state index in [1.165, 1.54) is 5.56 Å². The van der Waals surface area contributed by atoms with Gasteiger partial charge in [0.15, 0.2) is 0 Å². The van der Waals surface area contributed by atoms with Gasteiger partial charge >= 0.3 is 0 Å². The highest BCUT2D eigenvalue weighted by Crippen LogP contribution is 2.17. The van der Waals surface area contributed by atoms with E-state index < -0.39 is 0 Å². The maximum absolute atomic E-state index is 9.89. The van der Waals surface area contributed by atoms with E-state index in [0.717, 1.165) is 24.2 Å². The van der Waals surface area contributed by atoms with Gasteiger partial charge in [-0.2, -0.15) is 5.10 Å². The van der Waals surface area contributed by atoms with Crippen molar-refractivity contribution in [3.8, 4) is 0 Å². The van der Waals surface area contributed by atoms with Gasteiger partial charge in [0, 0.05) is 19.2 Å². The lowest BCUT2D eigenvalue weighted by Crippen LogP contribution is -2.14. The summed E-state index contributed by atoms with van der Waals surface area (Å²) < 4.78 is 1.88. The maximum atomic E-state index is 9.89. The molecule has 1 heterocycles. The molecule has 0 fully saturated rings. The first kappa shape index (κ1) is 12.2. The molecule has 0 spiro atoms. The molecule has 1 unspecified atom stereocenters. The predicted molar refractivity (Wildman–Crippen MR) is 61.8 cm³/mol. The van der Waals surface area contributed by atoms with Crippen molar-refractivity contribution in [1.82, 2.24) is 9.78 Å². The number of hydrogen-bond donors (Lipinski definition) is 1.